The highest BCUT2D eigenvalue weighted by Gasteiger charge is 2.52. The Hall–Kier alpha value is -3.16. The Morgan fingerprint density at radius 2 is 1.65 bits per heavy atom. The van der Waals surface area contributed by atoms with Gasteiger partial charge in [-0.15, -0.1) is 0 Å². The van der Waals surface area contributed by atoms with Gasteiger partial charge in [-0.25, -0.2) is 4.98 Å². The standard InChI is InChI=1S/C27H30BN3O3/c1-18-15-20-9-7-8-10-23(20)29-25(18)19-11-13-21(14-12-19)32-17-24-22(16-31(6)30-24)28-33-26(2,3)27(4,5)34-28/h7-16H,17H2,1-6H3. The van der Waals surface area contributed by atoms with Crippen LogP contribution in [0.15, 0.2) is 60.8 Å². The molecule has 1 saturated heterocycles. The Morgan fingerprint density at radius 3 is 2.35 bits per heavy atom. The van der Waals surface area contributed by atoms with Crippen LogP contribution < -0.4 is 10.2 Å². The maximum absolute atomic E-state index is 6.22. The molecule has 174 valence electrons. The molecule has 7 heteroatoms. The summed E-state index contributed by atoms with van der Waals surface area (Å²) in [5.74, 6) is 0.771. The summed E-state index contributed by atoms with van der Waals surface area (Å²) in [4.78, 5) is 4.87. The van der Waals surface area contributed by atoms with Crippen molar-refractivity contribution in [2.75, 3.05) is 0 Å². The van der Waals surface area contributed by atoms with Crippen LogP contribution in [0.5, 0.6) is 5.75 Å². The highest BCUT2D eigenvalue weighted by Crippen LogP contribution is 2.36. The molecule has 0 N–H and O–H groups in total. The third kappa shape index (κ3) is 4.10. The summed E-state index contributed by atoms with van der Waals surface area (Å²) in [5, 5.41) is 5.74. The van der Waals surface area contributed by atoms with Crippen LogP contribution in [0.3, 0.4) is 0 Å². The number of ether oxygens (including phenoxy) is 1. The summed E-state index contributed by atoms with van der Waals surface area (Å²) in [5.41, 5.74) is 5.07. The van der Waals surface area contributed by atoms with Gasteiger partial charge in [-0.05, 0) is 76.6 Å². The second-order valence-electron chi connectivity index (χ2n) is 9.95. The van der Waals surface area contributed by atoms with E-state index >= 15 is 0 Å². The number of nitrogens with zero attached hydrogens (tertiary/aromatic N) is 3. The monoisotopic (exact) mass is 455 g/mol. The minimum absolute atomic E-state index is 0.326. The summed E-state index contributed by atoms with van der Waals surface area (Å²) in [6.45, 7) is 10.6. The van der Waals surface area contributed by atoms with Crippen molar-refractivity contribution >= 4 is 23.5 Å². The van der Waals surface area contributed by atoms with E-state index in [0.717, 1.165) is 44.6 Å². The fourth-order valence-corrected chi connectivity index (χ4v) is 4.21. The maximum Gasteiger partial charge on any atom is 0.498 e. The molecule has 1 aliphatic heterocycles. The van der Waals surface area contributed by atoms with Crippen LogP contribution in [0.25, 0.3) is 22.2 Å². The van der Waals surface area contributed by atoms with E-state index in [-0.39, 0.29) is 0 Å². The molecule has 0 spiro atoms. The third-order valence-corrected chi connectivity index (χ3v) is 6.86. The molecule has 2 aromatic carbocycles. The van der Waals surface area contributed by atoms with E-state index in [0.29, 0.717) is 6.61 Å². The number of fused-ring (bicyclic) bond motifs is 1. The number of benzene rings is 2. The number of pyridine rings is 1. The summed E-state index contributed by atoms with van der Waals surface area (Å²) in [7, 11) is 1.42. The summed E-state index contributed by atoms with van der Waals surface area (Å²) in [6.07, 6.45) is 1.94. The van der Waals surface area contributed by atoms with Crippen molar-refractivity contribution in [3.05, 3.63) is 72.1 Å². The molecule has 1 fully saturated rings. The van der Waals surface area contributed by atoms with Gasteiger partial charge in [0, 0.05) is 29.7 Å². The molecule has 0 unspecified atom stereocenters. The fraction of sp³-hybridized carbons (Fsp3) is 0.333. The molecule has 3 heterocycles. The first kappa shape index (κ1) is 22.6. The van der Waals surface area contributed by atoms with Gasteiger partial charge in [-0.1, -0.05) is 18.2 Å². The highest BCUT2D eigenvalue weighted by molar-refractivity contribution is 6.62. The van der Waals surface area contributed by atoms with Crippen molar-refractivity contribution in [1.82, 2.24) is 14.8 Å². The van der Waals surface area contributed by atoms with E-state index in [1.165, 1.54) is 0 Å². The van der Waals surface area contributed by atoms with Gasteiger partial charge in [0.2, 0.25) is 0 Å². The van der Waals surface area contributed by atoms with Gasteiger partial charge < -0.3 is 14.0 Å². The van der Waals surface area contributed by atoms with Crippen LogP contribution in [-0.4, -0.2) is 33.1 Å². The minimum Gasteiger partial charge on any atom is -0.487 e. The van der Waals surface area contributed by atoms with Gasteiger partial charge in [0.05, 0.1) is 28.1 Å². The summed E-state index contributed by atoms with van der Waals surface area (Å²) >= 11 is 0. The lowest BCUT2D eigenvalue weighted by Gasteiger charge is -2.32. The molecule has 0 aliphatic carbocycles. The SMILES string of the molecule is Cc1cc2ccccc2nc1-c1ccc(OCc2nn(C)cc2B2OC(C)(C)C(C)(C)O2)cc1. The molecule has 0 radical (unpaired) electrons. The Kier molecular flexibility index (Phi) is 5.49. The molecule has 0 bridgehead atoms. The second kappa shape index (κ2) is 8.26. The number of hydrogen-bond donors (Lipinski definition) is 0. The quantitative estimate of drug-likeness (QED) is 0.404. The average Bonchev–Trinajstić information content (AvgIpc) is 3.27. The van der Waals surface area contributed by atoms with E-state index in [4.69, 9.17) is 19.0 Å². The number of aromatic nitrogens is 3. The number of hydrogen-bond acceptors (Lipinski definition) is 5. The Morgan fingerprint density at radius 1 is 0.971 bits per heavy atom. The first-order chi connectivity index (χ1) is 16.1. The molecule has 2 aromatic heterocycles. The van der Waals surface area contributed by atoms with Gasteiger partial charge in [-0.2, -0.15) is 5.10 Å². The largest absolute Gasteiger partial charge is 0.498 e. The Bertz CT molecular complexity index is 1330. The highest BCUT2D eigenvalue weighted by atomic mass is 16.7. The predicted molar refractivity (Wildman–Crippen MR) is 135 cm³/mol. The third-order valence-electron chi connectivity index (χ3n) is 6.86. The zero-order valence-corrected chi connectivity index (χ0v) is 20.6. The normalized spacial score (nSPS) is 16.8. The Labute approximate surface area is 201 Å². The van der Waals surface area contributed by atoms with E-state index in [1.54, 1.807) is 4.68 Å². The van der Waals surface area contributed by atoms with Gasteiger partial charge in [0.15, 0.2) is 0 Å². The maximum atomic E-state index is 6.22. The lowest BCUT2D eigenvalue weighted by atomic mass is 9.79. The average molecular weight is 455 g/mol. The predicted octanol–water partition coefficient (Wildman–Crippen LogP) is 4.82. The molecular weight excluding hydrogens is 425 g/mol. The van der Waals surface area contributed by atoms with E-state index in [2.05, 4.69) is 24.2 Å². The first-order valence-electron chi connectivity index (χ1n) is 11.6. The number of aryl methyl sites for hydroxylation is 2. The molecule has 0 amide bonds. The first-order valence-corrected chi connectivity index (χ1v) is 11.6. The van der Waals surface area contributed by atoms with E-state index in [1.807, 2.05) is 83.4 Å². The van der Waals surface area contributed by atoms with Crippen LogP contribution in [0, 0.1) is 6.92 Å². The molecular formula is C27H30BN3O3. The number of para-hydroxylation sites is 1. The Balaban J connectivity index is 1.33. The van der Waals surface area contributed by atoms with Crippen molar-refractivity contribution in [3.63, 3.8) is 0 Å². The lowest BCUT2D eigenvalue weighted by Crippen LogP contribution is -2.41. The van der Waals surface area contributed by atoms with Crippen molar-refractivity contribution in [3.8, 4) is 17.0 Å². The number of rotatable bonds is 5. The van der Waals surface area contributed by atoms with Gasteiger partial charge in [0.1, 0.15) is 12.4 Å². The molecule has 4 aromatic rings. The van der Waals surface area contributed by atoms with Crippen molar-refractivity contribution in [2.45, 2.75) is 52.4 Å². The fourth-order valence-electron chi connectivity index (χ4n) is 4.21. The lowest BCUT2D eigenvalue weighted by molar-refractivity contribution is 0.00578. The van der Waals surface area contributed by atoms with E-state index in [9.17, 15) is 0 Å². The molecule has 5 rings (SSSR count). The van der Waals surface area contributed by atoms with Gasteiger partial charge in [0.25, 0.3) is 0 Å². The van der Waals surface area contributed by atoms with Crippen LogP contribution in [0.4, 0.5) is 0 Å². The zero-order chi connectivity index (χ0) is 24.1. The van der Waals surface area contributed by atoms with Crippen molar-refractivity contribution in [1.29, 1.82) is 0 Å². The molecule has 0 saturated carbocycles. The van der Waals surface area contributed by atoms with Crippen LogP contribution in [0.2, 0.25) is 0 Å². The van der Waals surface area contributed by atoms with Crippen molar-refractivity contribution in [2.24, 2.45) is 7.05 Å². The smallest absolute Gasteiger partial charge is 0.487 e. The van der Waals surface area contributed by atoms with Gasteiger partial charge >= 0.3 is 7.12 Å². The van der Waals surface area contributed by atoms with Crippen LogP contribution in [-0.2, 0) is 23.0 Å². The summed E-state index contributed by atoms with van der Waals surface area (Å²) in [6, 6.07) is 18.4. The minimum atomic E-state index is -0.471. The molecule has 1 aliphatic rings. The summed E-state index contributed by atoms with van der Waals surface area (Å²) < 4.78 is 20.3. The van der Waals surface area contributed by atoms with Crippen LogP contribution in [0.1, 0.15) is 39.0 Å². The van der Waals surface area contributed by atoms with Gasteiger partial charge in [-0.3, -0.25) is 4.68 Å². The topological polar surface area (TPSA) is 58.4 Å². The molecule has 34 heavy (non-hydrogen) atoms. The second-order valence-corrected chi connectivity index (χ2v) is 9.95. The zero-order valence-electron chi connectivity index (χ0n) is 20.6. The van der Waals surface area contributed by atoms with E-state index < -0.39 is 18.3 Å². The van der Waals surface area contributed by atoms with Crippen molar-refractivity contribution < 1.29 is 14.0 Å². The van der Waals surface area contributed by atoms with Crippen LogP contribution >= 0.6 is 0 Å². The molecule has 6 nitrogen and oxygen atoms in total. The molecule has 0 atom stereocenters.